The molecule has 0 fully saturated rings. The van der Waals surface area contributed by atoms with Crippen LogP contribution in [0.4, 0.5) is 5.69 Å². The normalized spacial score (nSPS) is 13.8. The molecule has 2 unspecified atom stereocenters. The summed E-state index contributed by atoms with van der Waals surface area (Å²) < 4.78 is 34.7. The lowest BCUT2D eigenvalue weighted by molar-refractivity contribution is 0.371. The van der Waals surface area contributed by atoms with Crippen LogP contribution in [-0.2, 0) is 30.9 Å². The first-order valence-electron chi connectivity index (χ1n) is 5.50. The lowest BCUT2D eigenvalue weighted by Gasteiger charge is -2.21. The Hall–Kier alpha value is -0.940. The molecular formula is C10H15N3O4S3. The van der Waals surface area contributed by atoms with Crippen LogP contribution in [0.3, 0.4) is 0 Å². The van der Waals surface area contributed by atoms with Crippen LogP contribution < -0.4 is 9.44 Å². The molecule has 0 spiro atoms. The largest absolute Gasteiger partial charge is 0.389 e. The van der Waals surface area contributed by atoms with E-state index in [-0.39, 0.29) is 17.3 Å². The number of pyridine rings is 1. The third-order valence-corrected chi connectivity index (χ3v) is 4.72. The highest BCUT2D eigenvalue weighted by Crippen LogP contribution is 2.25. The average Bonchev–Trinajstić information content (AvgIpc) is 2.38. The maximum absolute atomic E-state index is 12.1. The van der Waals surface area contributed by atoms with Gasteiger partial charge in [0, 0.05) is 11.9 Å². The van der Waals surface area contributed by atoms with Crippen molar-refractivity contribution in [2.45, 2.75) is 13.8 Å². The topological polar surface area (TPSA) is 94.8 Å². The molecule has 7 nitrogen and oxygen atoms in total. The predicted octanol–water partition coefficient (Wildman–Crippen LogP) is 0.671. The van der Waals surface area contributed by atoms with Crippen LogP contribution in [0, 0.1) is 6.92 Å². The molecule has 0 bridgehead atoms. The van der Waals surface area contributed by atoms with E-state index in [9.17, 15) is 8.42 Å². The highest BCUT2D eigenvalue weighted by Gasteiger charge is 2.26. The van der Waals surface area contributed by atoms with Gasteiger partial charge in [-0.05, 0) is 19.9 Å². The maximum atomic E-state index is 12.1. The van der Waals surface area contributed by atoms with Crippen molar-refractivity contribution in [1.29, 1.82) is 0 Å². The Labute approximate surface area is 128 Å². The Morgan fingerprint density at radius 2 is 2.15 bits per heavy atom. The van der Waals surface area contributed by atoms with Crippen LogP contribution in [0.1, 0.15) is 18.2 Å². The summed E-state index contributed by atoms with van der Waals surface area (Å²) in [5.41, 5.74) is 6.83. The molecule has 112 valence electrons. The molecule has 0 saturated carbocycles. The van der Waals surface area contributed by atoms with Crippen LogP contribution in [0.25, 0.3) is 0 Å². The Kier molecular flexibility index (Phi) is 6.62. The Morgan fingerprint density at radius 3 is 2.65 bits per heavy atom. The van der Waals surface area contributed by atoms with Crippen LogP contribution in [0.15, 0.2) is 12.3 Å². The molecular weight excluding hydrogens is 322 g/mol. The fourth-order valence-corrected chi connectivity index (χ4v) is 3.24. The van der Waals surface area contributed by atoms with Crippen molar-refractivity contribution < 1.29 is 16.8 Å². The summed E-state index contributed by atoms with van der Waals surface area (Å²) in [6.07, 6.45) is 1.43. The molecule has 0 saturated heterocycles. The second-order valence-electron chi connectivity index (χ2n) is 3.47. The second kappa shape index (κ2) is 7.74. The van der Waals surface area contributed by atoms with Crippen LogP contribution >= 0.6 is 12.2 Å². The number of aryl methyl sites for hydroxylation is 1. The fourth-order valence-electron chi connectivity index (χ4n) is 1.31. The number of hydrogen-bond acceptors (Lipinski definition) is 6. The number of rotatable bonds is 7. The summed E-state index contributed by atoms with van der Waals surface area (Å²) in [5.74, 6) is 0. The lowest BCUT2D eigenvalue weighted by Crippen LogP contribution is -2.32. The number of thiocarbonyl (C=S) groups is 1. The van der Waals surface area contributed by atoms with E-state index in [4.69, 9.17) is 26.3 Å². The highest BCUT2D eigenvalue weighted by atomic mass is 32.3. The van der Waals surface area contributed by atoms with Gasteiger partial charge in [-0.2, -0.15) is 3.71 Å². The van der Waals surface area contributed by atoms with Crippen LogP contribution in [0.5, 0.6) is 0 Å². The van der Waals surface area contributed by atoms with Crippen molar-refractivity contribution in [3.8, 4) is 0 Å². The molecule has 0 aliphatic carbocycles. The summed E-state index contributed by atoms with van der Waals surface area (Å²) in [6.45, 7) is 3.57. The summed E-state index contributed by atoms with van der Waals surface area (Å²) in [7, 11) is 1.22. The van der Waals surface area contributed by atoms with Gasteiger partial charge in [0.15, 0.2) is 0 Å². The Morgan fingerprint density at radius 1 is 1.50 bits per heavy atom. The first-order valence-corrected chi connectivity index (χ1v) is 7.97. The quantitative estimate of drug-likeness (QED) is 0.731. The molecule has 0 aromatic carbocycles. The van der Waals surface area contributed by atoms with Gasteiger partial charge < -0.3 is 5.73 Å². The van der Waals surface area contributed by atoms with Crippen molar-refractivity contribution in [3.05, 3.63) is 23.5 Å². The van der Waals surface area contributed by atoms with E-state index in [1.165, 1.54) is 13.3 Å². The number of hydrogen-bond donors (Lipinski definition) is 1. The van der Waals surface area contributed by atoms with E-state index < -0.39 is 22.5 Å². The minimum absolute atomic E-state index is 0.0408. The lowest BCUT2D eigenvalue weighted by atomic mass is 10.2. The van der Waals surface area contributed by atoms with Gasteiger partial charge in [0.1, 0.15) is 4.99 Å². The van der Waals surface area contributed by atoms with E-state index in [1.807, 2.05) is 0 Å². The molecule has 1 rings (SSSR count). The van der Waals surface area contributed by atoms with Gasteiger partial charge in [-0.15, -0.1) is 0 Å². The number of anilines is 1. The number of nitrogens with two attached hydrogens (primary N) is 1. The predicted molar refractivity (Wildman–Crippen MR) is 82.3 cm³/mol. The molecule has 0 aliphatic rings. The van der Waals surface area contributed by atoms with E-state index in [0.717, 1.165) is 3.71 Å². The zero-order valence-electron chi connectivity index (χ0n) is 11.2. The zero-order valence-corrected chi connectivity index (χ0v) is 13.6. The van der Waals surface area contributed by atoms with E-state index in [0.29, 0.717) is 11.3 Å². The van der Waals surface area contributed by atoms with Gasteiger partial charge in [0.05, 0.1) is 25.0 Å². The van der Waals surface area contributed by atoms with Crippen molar-refractivity contribution in [2.75, 3.05) is 17.4 Å². The third kappa shape index (κ3) is 4.03. The molecule has 2 N–H and O–H groups in total. The van der Waals surface area contributed by atoms with Crippen molar-refractivity contribution >= 4 is 45.4 Å². The van der Waals surface area contributed by atoms with Gasteiger partial charge >= 0.3 is 0 Å². The minimum atomic E-state index is -2.02. The average molecular weight is 337 g/mol. The van der Waals surface area contributed by atoms with Gasteiger partial charge in [0.25, 0.3) is 22.5 Å². The van der Waals surface area contributed by atoms with Crippen LogP contribution in [-0.4, -0.2) is 32.1 Å². The molecule has 0 aliphatic heterocycles. The van der Waals surface area contributed by atoms with Crippen molar-refractivity contribution in [3.63, 3.8) is 0 Å². The summed E-state index contributed by atoms with van der Waals surface area (Å²) in [4.78, 5) is 4.10. The number of aromatic nitrogens is 1. The molecule has 0 radical (unpaired) electrons. The maximum Gasteiger partial charge on any atom is 0.278 e. The molecule has 2 atom stereocenters. The minimum Gasteiger partial charge on any atom is -0.389 e. The van der Waals surface area contributed by atoms with Crippen LogP contribution in [0.2, 0.25) is 0 Å². The zero-order chi connectivity index (χ0) is 15.3. The second-order valence-corrected chi connectivity index (χ2v) is 6.31. The van der Waals surface area contributed by atoms with E-state index in [2.05, 4.69) is 4.98 Å². The standard InChI is InChI=1S/C10H15N3O4S3/c1-4-17-20(15)13(19(14)16-3)9-5-7(2)12-6-8(9)10(11)18/h5-6H,4H2,1-3H3,(H2,11,18). The molecule has 1 aromatic rings. The smallest absolute Gasteiger partial charge is 0.278 e. The SMILES string of the molecule is CCOS(=O)N(c1cc(C)ncc1C(N)=S)S(=O)OC. The van der Waals surface area contributed by atoms with Gasteiger partial charge in [-0.3, -0.25) is 13.4 Å². The third-order valence-electron chi connectivity index (χ3n) is 2.11. The first-order chi connectivity index (χ1) is 9.42. The van der Waals surface area contributed by atoms with Crippen molar-refractivity contribution in [1.82, 2.24) is 4.98 Å². The monoisotopic (exact) mass is 337 g/mol. The Bertz CT molecular complexity index is 553. The molecule has 1 heterocycles. The summed E-state index contributed by atoms with van der Waals surface area (Å²) in [6, 6.07) is 1.56. The van der Waals surface area contributed by atoms with Crippen molar-refractivity contribution in [2.24, 2.45) is 5.73 Å². The van der Waals surface area contributed by atoms with Gasteiger partial charge in [-0.25, -0.2) is 8.42 Å². The fraction of sp³-hybridized carbons (Fsp3) is 0.400. The molecule has 1 aromatic heterocycles. The van der Waals surface area contributed by atoms with Gasteiger partial charge in [0.2, 0.25) is 0 Å². The molecule has 20 heavy (non-hydrogen) atoms. The van der Waals surface area contributed by atoms with Gasteiger partial charge in [-0.1, -0.05) is 12.2 Å². The molecule has 0 amide bonds. The Balaban J connectivity index is 3.39. The summed E-state index contributed by atoms with van der Waals surface area (Å²) in [5, 5.41) is 0. The van der Waals surface area contributed by atoms with E-state index in [1.54, 1.807) is 19.9 Å². The number of nitrogens with zero attached hydrogens (tertiary/aromatic N) is 2. The highest BCUT2D eigenvalue weighted by molar-refractivity contribution is 7.99. The first kappa shape index (κ1) is 17.1. The summed E-state index contributed by atoms with van der Waals surface area (Å²) >= 11 is 0.892. The molecule has 10 heteroatoms. The van der Waals surface area contributed by atoms with E-state index >= 15 is 0 Å².